The highest BCUT2D eigenvalue weighted by Crippen LogP contribution is 2.12. The molecule has 1 amide bonds. The van der Waals surface area contributed by atoms with Gasteiger partial charge in [0.05, 0.1) is 17.7 Å². The van der Waals surface area contributed by atoms with Crippen LogP contribution in [0, 0.1) is 0 Å². The summed E-state index contributed by atoms with van der Waals surface area (Å²) in [6.45, 7) is 1.45. The van der Waals surface area contributed by atoms with Gasteiger partial charge in [-0.25, -0.2) is 13.1 Å². The van der Waals surface area contributed by atoms with Crippen LogP contribution in [0.3, 0.4) is 0 Å². The van der Waals surface area contributed by atoms with Gasteiger partial charge in [0.15, 0.2) is 0 Å². The first-order valence-corrected chi connectivity index (χ1v) is 9.42. The summed E-state index contributed by atoms with van der Waals surface area (Å²) in [5, 5.41) is 2.79. The molecule has 0 saturated carbocycles. The van der Waals surface area contributed by atoms with Crippen LogP contribution in [0.4, 0.5) is 0 Å². The molecule has 0 radical (unpaired) electrons. The molecular formula is C17H23N3O4S. The zero-order valence-electron chi connectivity index (χ0n) is 14.4. The SMILES string of the molecule is CN(C)CCCNC(=O)c1cccc(S(=O)(=O)NCc2ccco2)c1. The van der Waals surface area contributed by atoms with E-state index in [1.54, 1.807) is 24.3 Å². The van der Waals surface area contributed by atoms with Crippen LogP contribution in [0.5, 0.6) is 0 Å². The zero-order valence-corrected chi connectivity index (χ0v) is 15.2. The summed E-state index contributed by atoms with van der Waals surface area (Å²) in [4.78, 5) is 14.2. The Balaban J connectivity index is 1.98. The zero-order chi connectivity index (χ0) is 18.3. The van der Waals surface area contributed by atoms with Gasteiger partial charge in [0.2, 0.25) is 10.0 Å². The van der Waals surface area contributed by atoms with E-state index in [4.69, 9.17) is 4.42 Å². The minimum Gasteiger partial charge on any atom is -0.468 e. The molecule has 7 nitrogen and oxygen atoms in total. The second-order valence-corrected chi connectivity index (χ2v) is 7.61. The van der Waals surface area contributed by atoms with Crippen LogP contribution in [-0.2, 0) is 16.6 Å². The molecular weight excluding hydrogens is 342 g/mol. The van der Waals surface area contributed by atoms with Crippen molar-refractivity contribution in [2.24, 2.45) is 0 Å². The van der Waals surface area contributed by atoms with Crippen molar-refractivity contribution >= 4 is 15.9 Å². The average Bonchev–Trinajstić information content (AvgIpc) is 3.10. The van der Waals surface area contributed by atoms with Gasteiger partial charge in [0.25, 0.3) is 5.91 Å². The lowest BCUT2D eigenvalue weighted by atomic mass is 10.2. The summed E-state index contributed by atoms with van der Waals surface area (Å²) in [5.41, 5.74) is 0.311. The van der Waals surface area contributed by atoms with Gasteiger partial charge in [-0.15, -0.1) is 0 Å². The van der Waals surface area contributed by atoms with Crippen LogP contribution in [0.2, 0.25) is 0 Å². The molecule has 0 aliphatic rings. The van der Waals surface area contributed by atoms with Gasteiger partial charge < -0.3 is 14.6 Å². The predicted octanol–water partition coefficient (Wildman–Crippen LogP) is 1.44. The first-order valence-electron chi connectivity index (χ1n) is 7.93. The number of carbonyl (C=O) groups is 1. The number of nitrogens with one attached hydrogen (secondary N) is 2. The molecule has 1 heterocycles. The van der Waals surface area contributed by atoms with E-state index < -0.39 is 10.0 Å². The van der Waals surface area contributed by atoms with E-state index in [1.165, 1.54) is 18.4 Å². The van der Waals surface area contributed by atoms with E-state index in [2.05, 4.69) is 10.0 Å². The molecule has 0 fully saturated rings. The summed E-state index contributed by atoms with van der Waals surface area (Å²) in [5.74, 6) is 0.222. The van der Waals surface area contributed by atoms with Gasteiger partial charge in [-0.1, -0.05) is 6.07 Å². The molecule has 0 spiro atoms. The van der Waals surface area contributed by atoms with Crippen molar-refractivity contribution in [3.05, 3.63) is 54.0 Å². The highest BCUT2D eigenvalue weighted by atomic mass is 32.2. The number of hydrogen-bond acceptors (Lipinski definition) is 5. The Kier molecular flexibility index (Phi) is 6.74. The molecule has 0 aliphatic carbocycles. The van der Waals surface area contributed by atoms with Crippen LogP contribution >= 0.6 is 0 Å². The molecule has 1 aromatic carbocycles. The van der Waals surface area contributed by atoms with Gasteiger partial charge in [-0.3, -0.25) is 4.79 Å². The van der Waals surface area contributed by atoms with Crippen molar-refractivity contribution in [1.82, 2.24) is 14.9 Å². The maximum absolute atomic E-state index is 12.3. The smallest absolute Gasteiger partial charge is 0.251 e. The third-order valence-corrected chi connectivity index (χ3v) is 4.89. The maximum atomic E-state index is 12.3. The Morgan fingerprint density at radius 1 is 1.20 bits per heavy atom. The van der Waals surface area contributed by atoms with Crippen molar-refractivity contribution in [3.8, 4) is 0 Å². The maximum Gasteiger partial charge on any atom is 0.251 e. The Morgan fingerprint density at radius 3 is 2.68 bits per heavy atom. The van der Waals surface area contributed by atoms with E-state index in [1.807, 2.05) is 19.0 Å². The summed E-state index contributed by atoms with van der Waals surface area (Å²) >= 11 is 0. The molecule has 0 unspecified atom stereocenters. The fraction of sp³-hybridized carbons (Fsp3) is 0.353. The molecule has 25 heavy (non-hydrogen) atoms. The summed E-state index contributed by atoms with van der Waals surface area (Å²) < 4.78 is 32.2. The number of furan rings is 1. The second-order valence-electron chi connectivity index (χ2n) is 5.84. The molecule has 2 N–H and O–H groups in total. The normalized spacial score (nSPS) is 11.6. The Bertz CT molecular complexity index is 786. The van der Waals surface area contributed by atoms with Crippen molar-refractivity contribution in [3.63, 3.8) is 0 Å². The lowest BCUT2D eigenvalue weighted by Crippen LogP contribution is -2.28. The molecule has 2 aromatic rings. The van der Waals surface area contributed by atoms with Crippen LogP contribution in [0.25, 0.3) is 0 Å². The minimum absolute atomic E-state index is 0.0417. The first kappa shape index (κ1) is 19.2. The molecule has 1 aromatic heterocycles. The monoisotopic (exact) mass is 365 g/mol. The summed E-state index contributed by atoms with van der Waals surface area (Å²) in [7, 11) is 0.203. The van der Waals surface area contributed by atoms with Gasteiger partial charge >= 0.3 is 0 Å². The number of benzene rings is 1. The van der Waals surface area contributed by atoms with Crippen LogP contribution in [-0.4, -0.2) is 46.4 Å². The van der Waals surface area contributed by atoms with Gasteiger partial charge in [0.1, 0.15) is 5.76 Å². The standard InChI is InChI=1S/C17H23N3O4S/c1-20(2)10-5-9-18-17(21)14-6-3-8-16(12-14)25(22,23)19-13-15-7-4-11-24-15/h3-4,6-8,11-12,19H,5,9-10,13H2,1-2H3,(H,18,21). The Labute approximate surface area is 148 Å². The number of sulfonamides is 1. The van der Waals surface area contributed by atoms with E-state index in [0.29, 0.717) is 17.9 Å². The minimum atomic E-state index is -3.73. The predicted molar refractivity (Wildman–Crippen MR) is 94.7 cm³/mol. The van der Waals surface area contributed by atoms with Crippen LogP contribution < -0.4 is 10.0 Å². The first-order chi connectivity index (χ1) is 11.9. The molecule has 136 valence electrons. The lowest BCUT2D eigenvalue weighted by Gasteiger charge is -2.10. The number of hydrogen-bond donors (Lipinski definition) is 2. The molecule has 0 aliphatic heterocycles. The van der Waals surface area contributed by atoms with Gasteiger partial charge in [0, 0.05) is 12.1 Å². The number of carbonyl (C=O) groups excluding carboxylic acids is 1. The van der Waals surface area contributed by atoms with Gasteiger partial charge in [-0.05, 0) is 57.4 Å². The fourth-order valence-electron chi connectivity index (χ4n) is 2.17. The number of nitrogens with zero attached hydrogens (tertiary/aromatic N) is 1. The third-order valence-electron chi connectivity index (χ3n) is 3.49. The average molecular weight is 365 g/mol. The second kappa shape index (κ2) is 8.80. The number of amides is 1. The topological polar surface area (TPSA) is 91.7 Å². The summed E-state index contributed by atoms with van der Waals surface area (Å²) in [6.07, 6.45) is 2.30. The largest absolute Gasteiger partial charge is 0.468 e. The van der Waals surface area contributed by atoms with Crippen molar-refractivity contribution < 1.29 is 17.6 Å². The lowest BCUT2D eigenvalue weighted by molar-refractivity contribution is 0.0952. The number of rotatable bonds is 9. The molecule has 0 saturated heterocycles. The van der Waals surface area contributed by atoms with Crippen LogP contribution in [0.1, 0.15) is 22.5 Å². The third kappa shape index (κ3) is 6.00. The Hall–Kier alpha value is -2.16. The summed E-state index contributed by atoms with van der Waals surface area (Å²) in [6, 6.07) is 9.33. The van der Waals surface area contributed by atoms with Crippen molar-refractivity contribution in [2.45, 2.75) is 17.9 Å². The van der Waals surface area contributed by atoms with E-state index in [0.717, 1.165) is 13.0 Å². The van der Waals surface area contributed by atoms with E-state index >= 15 is 0 Å². The molecule has 0 atom stereocenters. The van der Waals surface area contributed by atoms with Crippen LogP contribution in [0.15, 0.2) is 52.0 Å². The molecule has 0 bridgehead atoms. The quantitative estimate of drug-likeness (QED) is 0.656. The fourth-order valence-corrected chi connectivity index (χ4v) is 3.21. The Morgan fingerprint density at radius 2 is 2.00 bits per heavy atom. The van der Waals surface area contributed by atoms with E-state index in [-0.39, 0.29) is 17.3 Å². The molecule has 8 heteroatoms. The van der Waals surface area contributed by atoms with Crippen molar-refractivity contribution in [2.75, 3.05) is 27.2 Å². The van der Waals surface area contributed by atoms with Gasteiger partial charge in [-0.2, -0.15) is 0 Å². The molecule has 2 rings (SSSR count). The highest BCUT2D eigenvalue weighted by molar-refractivity contribution is 7.89. The van der Waals surface area contributed by atoms with Crippen molar-refractivity contribution in [1.29, 1.82) is 0 Å². The van der Waals surface area contributed by atoms with E-state index in [9.17, 15) is 13.2 Å². The highest BCUT2D eigenvalue weighted by Gasteiger charge is 2.16.